The van der Waals surface area contributed by atoms with Crippen molar-refractivity contribution in [2.45, 2.75) is 6.42 Å². The SMILES string of the molecule is COCCOCCCNc1cccc(Cl)c1C(=O)O. The highest BCUT2D eigenvalue weighted by Gasteiger charge is 2.13. The number of rotatable bonds is 9. The summed E-state index contributed by atoms with van der Waals surface area (Å²) in [5.41, 5.74) is 0.626. The lowest BCUT2D eigenvalue weighted by molar-refractivity contribution is 0.0697. The van der Waals surface area contributed by atoms with Gasteiger partial charge in [0, 0.05) is 20.3 Å². The number of ether oxygens (including phenoxy) is 2. The van der Waals surface area contributed by atoms with Crippen molar-refractivity contribution in [3.63, 3.8) is 0 Å². The molecule has 0 amide bonds. The molecule has 0 saturated heterocycles. The van der Waals surface area contributed by atoms with Crippen molar-refractivity contribution in [3.05, 3.63) is 28.8 Å². The topological polar surface area (TPSA) is 67.8 Å². The van der Waals surface area contributed by atoms with Crippen LogP contribution in [0.3, 0.4) is 0 Å². The first-order valence-corrected chi connectivity index (χ1v) is 6.37. The van der Waals surface area contributed by atoms with Gasteiger partial charge in [-0.15, -0.1) is 0 Å². The standard InChI is InChI=1S/C13H18ClNO4/c1-18-8-9-19-7-3-6-15-11-5-2-4-10(14)12(11)13(16)17/h2,4-5,15H,3,6-9H2,1H3,(H,16,17). The normalized spacial score (nSPS) is 10.4. The second kappa shape index (κ2) is 8.74. The van der Waals surface area contributed by atoms with Crippen molar-refractivity contribution >= 4 is 23.3 Å². The van der Waals surface area contributed by atoms with Gasteiger partial charge in [0.15, 0.2) is 0 Å². The van der Waals surface area contributed by atoms with Gasteiger partial charge in [0.05, 0.1) is 23.9 Å². The molecule has 0 heterocycles. The highest BCUT2D eigenvalue weighted by atomic mass is 35.5. The van der Waals surface area contributed by atoms with Crippen LogP contribution in [0.25, 0.3) is 0 Å². The van der Waals surface area contributed by atoms with Crippen LogP contribution in [0.4, 0.5) is 5.69 Å². The molecule has 0 spiro atoms. The van der Waals surface area contributed by atoms with Crippen LogP contribution in [-0.2, 0) is 9.47 Å². The van der Waals surface area contributed by atoms with E-state index in [1.54, 1.807) is 25.3 Å². The maximum absolute atomic E-state index is 11.1. The lowest BCUT2D eigenvalue weighted by Crippen LogP contribution is -2.11. The Morgan fingerprint density at radius 1 is 1.37 bits per heavy atom. The van der Waals surface area contributed by atoms with Crippen LogP contribution in [0.5, 0.6) is 0 Å². The molecule has 0 aliphatic heterocycles. The number of hydrogen-bond donors (Lipinski definition) is 2. The van der Waals surface area contributed by atoms with Crippen molar-refractivity contribution in [3.8, 4) is 0 Å². The number of hydrogen-bond acceptors (Lipinski definition) is 4. The highest BCUT2D eigenvalue weighted by molar-refractivity contribution is 6.34. The van der Waals surface area contributed by atoms with Crippen molar-refractivity contribution < 1.29 is 19.4 Å². The minimum atomic E-state index is -1.04. The third-order valence-electron chi connectivity index (χ3n) is 2.44. The summed E-state index contributed by atoms with van der Waals surface area (Å²) in [7, 11) is 1.62. The Bertz CT molecular complexity index is 412. The molecule has 5 nitrogen and oxygen atoms in total. The molecule has 0 aromatic heterocycles. The van der Waals surface area contributed by atoms with Gasteiger partial charge in [-0.1, -0.05) is 17.7 Å². The fourth-order valence-corrected chi connectivity index (χ4v) is 1.79. The quantitative estimate of drug-likeness (QED) is 0.683. The molecule has 6 heteroatoms. The van der Waals surface area contributed by atoms with Gasteiger partial charge in [0.25, 0.3) is 0 Å². The molecule has 1 aromatic rings. The highest BCUT2D eigenvalue weighted by Crippen LogP contribution is 2.24. The van der Waals surface area contributed by atoms with Crippen LogP contribution in [0, 0.1) is 0 Å². The molecule has 0 aliphatic rings. The number of carboxylic acid groups (broad SMARTS) is 1. The predicted octanol–water partition coefficient (Wildman–Crippen LogP) is 2.50. The molecule has 2 N–H and O–H groups in total. The van der Waals surface area contributed by atoms with E-state index in [4.69, 9.17) is 26.2 Å². The Balaban J connectivity index is 2.37. The summed E-state index contributed by atoms with van der Waals surface area (Å²) in [6, 6.07) is 4.97. The average molecular weight is 288 g/mol. The van der Waals surface area contributed by atoms with Crippen LogP contribution >= 0.6 is 11.6 Å². The summed E-state index contributed by atoms with van der Waals surface area (Å²) in [5, 5.41) is 12.4. The summed E-state index contributed by atoms with van der Waals surface area (Å²) < 4.78 is 10.2. The average Bonchev–Trinajstić information content (AvgIpc) is 2.37. The second-order valence-corrected chi connectivity index (χ2v) is 4.26. The zero-order chi connectivity index (χ0) is 14.1. The fourth-order valence-electron chi connectivity index (χ4n) is 1.53. The first-order valence-electron chi connectivity index (χ1n) is 5.99. The third-order valence-corrected chi connectivity index (χ3v) is 2.76. The lowest BCUT2D eigenvalue weighted by atomic mass is 10.1. The van der Waals surface area contributed by atoms with Crippen LogP contribution in [0.1, 0.15) is 16.8 Å². The Hall–Kier alpha value is -1.30. The largest absolute Gasteiger partial charge is 0.478 e. The maximum Gasteiger partial charge on any atom is 0.339 e. The molecular formula is C13H18ClNO4. The molecule has 0 aliphatic carbocycles. The number of anilines is 1. The molecular weight excluding hydrogens is 270 g/mol. The van der Waals surface area contributed by atoms with E-state index in [-0.39, 0.29) is 10.6 Å². The van der Waals surface area contributed by atoms with Gasteiger partial charge in [-0.3, -0.25) is 0 Å². The van der Waals surface area contributed by atoms with Crippen molar-refractivity contribution in [2.24, 2.45) is 0 Å². The van der Waals surface area contributed by atoms with E-state index in [9.17, 15) is 4.79 Å². The third kappa shape index (κ3) is 5.46. The summed E-state index contributed by atoms with van der Waals surface area (Å²) in [5.74, 6) is -1.04. The van der Waals surface area contributed by atoms with Gasteiger partial charge in [0.1, 0.15) is 5.56 Å². The monoisotopic (exact) mass is 287 g/mol. The van der Waals surface area contributed by atoms with E-state index in [2.05, 4.69) is 5.32 Å². The number of methoxy groups -OCH3 is 1. The zero-order valence-corrected chi connectivity index (χ0v) is 11.6. The lowest BCUT2D eigenvalue weighted by Gasteiger charge is -2.10. The van der Waals surface area contributed by atoms with Crippen molar-refractivity contribution in [2.75, 3.05) is 38.8 Å². The van der Waals surface area contributed by atoms with Crippen LogP contribution in [0.2, 0.25) is 5.02 Å². The number of halogens is 1. The van der Waals surface area contributed by atoms with E-state index in [1.807, 2.05) is 0 Å². The minimum Gasteiger partial charge on any atom is -0.478 e. The number of aromatic carboxylic acids is 1. The Morgan fingerprint density at radius 3 is 2.84 bits per heavy atom. The first-order chi connectivity index (χ1) is 9.16. The zero-order valence-electron chi connectivity index (χ0n) is 10.8. The molecule has 1 aromatic carbocycles. The van der Waals surface area contributed by atoms with E-state index in [0.717, 1.165) is 6.42 Å². The van der Waals surface area contributed by atoms with Crippen LogP contribution < -0.4 is 5.32 Å². The molecule has 0 atom stereocenters. The number of nitrogens with one attached hydrogen (secondary N) is 1. The van der Waals surface area contributed by atoms with E-state index >= 15 is 0 Å². The van der Waals surface area contributed by atoms with Gasteiger partial charge >= 0.3 is 5.97 Å². The summed E-state index contributed by atoms with van der Waals surface area (Å²) in [4.78, 5) is 11.1. The molecule has 106 valence electrons. The molecule has 0 unspecified atom stereocenters. The maximum atomic E-state index is 11.1. The van der Waals surface area contributed by atoms with Gasteiger partial charge in [-0.05, 0) is 18.6 Å². The van der Waals surface area contributed by atoms with Gasteiger partial charge in [-0.2, -0.15) is 0 Å². The molecule has 0 saturated carbocycles. The Labute approximate surface area is 117 Å². The molecule has 0 fully saturated rings. The Kier molecular flexibility index (Phi) is 7.25. The number of carboxylic acids is 1. The van der Waals surface area contributed by atoms with E-state index < -0.39 is 5.97 Å². The number of carbonyl (C=O) groups is 1. The van der Waals surface area contributed by atoms with Crippen molar-refractivity contribution in [1.82, 2.24) is 0 Å². The van der Waals surface area contributed by atoms with Crippen LogP contribution in [-0.4, -0.2) is 44.6 Å². The van der Waals surface area contributed by atoms with Gasteiger partial charge in [0.2, 0.25) is 0 Å². The smallest absolute Gasteiger partial charge is 0.339 e. The van der Waals surface area contributed by atoms with Gasteiger partial charge < -0.3 is 19.9 Å². The van der Waals surface area contributed by atoms with E-state index in [0.29, 0.717) is 32.1 Å². The first kappa shape index (κ1) is 15.8. The van der Waals surface area contributed by atoms with Crippen molar-refractivity contribution in [1.29, 1.82) is 0 Å². The molecule has 1 rings (SSSR count). The fraction of sp³-hybridized carbons (Fsp3) is 0.462. The molecule has 0 bridgehead atoms. The van der Waals surface area contributed by atoms with Crippen LogP contribution in [0.15, 0.2) is 18.2 Å². The molecule has 0 radical (unpaired) electrons. The minimum absolute atomic E-state index is 0.101. The summed E-state index contributed by atoms with van der Waals surface area (Å²) >= 11 is 5.86. The van der Waals surface area contributed by atoms with E-state index in [1.165, 1.54) is 0 Å². The Morgan fingerprint density at radius 2 is 2.16 bits per heavy atom. The summed E-state index contributed by atoms with van der Waals surface area (Å²) in [6.45, 7) is 2.35. The second-order valence-electron chi connectivity index (χ2n) is 3.85. The molecule has 19 heavy (non-hydrogen) atoms. The van der Waals surface area contributed by atoms with Gasteiger partial charge in [-0.25, -0.2) is 4.79 Å². The predicted molar refractivity (Wildman–Crippen MR) is 74.2 cm³/mol. The summed E-state index contributed by atoms with van der Waals surface area (Å²) in [6.07, 6.45) is 0.773. The number of benzene rings is 1.